The fourth-order valence-corrected chi connectivity index (χ4v) is 2.86. The fraction of sp³-hybridized carbons (Fsp3) is 0.250. The molecule has 9 heteroatoms. The van der Waals surface area contributed by atoms with Crippen LogP contribution in [0.25, 0.3) is 0 Å². The van der Waals surface area contributed by atoms with Crippen molar-refractivity contribution in [1.29, 1.82) is 5.41 Å². The van der Waals surface area contributed by atoms with Gasteiger partial charge < -0.3 is 21.1 Å². The van der Waals surface area contributed by atoms with Crippen LogP contribution in [0, 0.1) is 11.3 Å². The van der Waals surface area contributed by atoms with Crippen LogP contribution < -0.4 is 16.4 Å². The van der Waals surface area contributed by atoms with Gasteiger partial charge in [0.25, 0.3) is 0 Å². The van der Waals surface area contributed by atoms with Crippen LogP contribution in [0.4, 0.5) is 24.5 Å². The number of halogens is 3. The highest BCUT2D eigenvalue weighted by molar-refractivity contribution is 6.50. The molecule has 1 saturated carbocycles. The van der Waals surface area contributed by atoms with Crippen LogP contribution >= 0.6 is 0 Å². The number of ketones is 1. The third-order valence-corrected chi connectivity index (χ3v) is 4.83. The van der Waals surface area contributed by atoms with Crippen molar-refractivity contribution >= 4 is 22.9 Å². The number of Topliss-reactive ketones (excluding diaryl/α,β-unsaturated/α-hetero) is 1. The van der Waals surface area contributed by atoms with E-state index in [0.717, 1.165) is 25.0 Å². The topological polar surface area (TPSA) is 100 Å². The number of hydrogen-bond donors (Lipinski definition) is 4. The third-order valence-electron chi connectivity index (χ3n) is 4.83. The number of carbonyl (C=O) groups is 1. The van der Waals surface area contributed by atoms with Crippen molar-refractivity contribution in [2.24, 2.45) is 11.7 Å². The maximum atomic E-state index is 13.1. The molecular formula is C24H25F3N4O2. The van der Waals surface area contributed by atoms with Gasteiger partial charge >= 0.3 is 6.18 Å². The lowest BCUT2D eigenvalue weighted by Crippen LogP contribution is -2.25. The first-order valence-corrected chi connectivity index (χ1v) is 10.4. The molecule has 0 aliphatic heterocycles. The molecule has 1 fully saturated rings. The summed E-state index contributed by atoms with van der Waals surface area (Å²) in [6.07, 6.45) is 0.167. The van der Waals surface area contributed by atoms with E-state index >= 15 is 0 Å². The molecule has 0 heterocycles. The molecule has 0 spiro atoms. The number of carbonyl (C=O) groups excluding carboxylic acids is 1. The minimum atomic E-state index is -4.49. The van der Waals surface area contributed by atoms with Crippen LogP contribution in [0.1, 0.15) is 18.4 Å². The summed E-state index contributed by atoms with van der Waals surface area (Å²) in [5.41, 5.74) is 5.42. The Kier molecular flexibility index (Phi) is 7.89. The highest BCUT2D eigenvalue weighted by atomic mass is 19.4. The molecule has 3 rings (SSSR count). The Labute approximate surface area is 189 Å². The molecule has 5 N–H and O–H groups in total. The second-order valence-electron chi connectivity index (χ2n) is 7.53. The average molecular weight is 458 g/mol. The quantitative estimate of drug-likeness (QED) is 0.217. The minimum Gasteiger partial charge on any atom is -0.488 e. The Balaban J connectivity index is 1.80. The summed E-state index contributed by atoms with van der Waals surface area (Å²) < 4.78 is 44.6. The Hall–Kier alpha value is -3.59. The summed E-state index contributed by atoms with van der Waals surface area (Å²) in [6.45, 7) is 0.381. The van der Waals surface area contributed by atoms with Gasteiger partial charge in [0, 0.05) is 24.1 Å². The molecule has 6 nitrogen and oxygen atoms in total. The van der Waals surface area contributed by atoms with Crippen molar-refractivity contribution in [1.82, 2.24) is 0 Å². The second kappa shape index (κ2) is 10.8. The van der Waals surface area contributed by atoms with Crippen molar-refractivity contribution in [3.63, 3.8) is 0 Å². The lowest BCUT2D eigenvalue weighted by molar-refractivity contribution is -0.137. The van der Waals surface area contributed by atoms with Gasteiger partial charge in [0.1, 0.15) is 5.71 Å². The van der Waals surface area contributed by atoms with E-state index in [1.165, 1.54) is 24.4 Å². The lowest BCUT2D eigenvalue weighted by atomic mass is 10.1. The van der Waals surface area contributed by atoms with Crippen LogP contribution in [-0.4, -0.2) is 24.6 Å². The van der Waals surface area contributed by atoms with Gasteiger partial charge in [-0.2, -0.15) is 13.2 Å². The normalized spacial score (nSPS) is 14.5. The van der Waals surface area contributed by atoms with Crippen LogP contribution in [-0.2, 0) is 15.7 Å². The number of benzene rings is 2. The molecule has 33 heavy (non-hydrogen) atoms. The molecule has 174 valence electrons. The first-order chi connectivity index (χ1) is 15.8. The van der Waals surface area contributed by atoms with E-state index in [1.807, 2.05) is 6.07 Å². The molecule has 2 aromatic carbocycles. The predicted molar refractivity (Wildman–Crippen MR) is 122 cm³/mol. The van der Waals surface area contributed by atoms with Gasteiger partial charge in [-0.05, 0) is 55.2 Å². The fourth-order valence-electron chi connectivity index (χ4n) is 2.86. The maximum absolute atomic E-state index is 13.1. The number of nitrogens with two attached hydrogens (primary N) is 1. The van der Waals surface area contributed by atoms with E-state index in [9.17, 15) is 18.0 Å². The molecule has 0 unspecified atom stereocenters. The van der Waals surface area contributed by atoms with Crippen molar-refractivity contribution < 1.29 is 22.7 Å². The smallest absolute Gasteiger partial charge is 0.416 e. The van der Waals surface area contributed by atoms with E-state index in [0.29, 0.717) is 11.6 Å². The van der Waals surface area contributed by atoms with Crippen LogP contribution in [0.2, 0.25) is 0 Å². The first kappa shape index (κ1) is 24.1. The molecule has 1 aliphatic carbocycles. The summed E-state index contributed by atoms with van der Waals surface area (Å²) in [6, 6.07) is 13.6. The molecule has 2 aromatic rings. The van der Waals surface area contributed by atoms with E-state index in [4.69, 9.17) is 15.9 Å². The summed E-state index contributed by atoms with van der Waals surface area (Å²) in [5, 5.41) is 14.1. The van der Waals surface area contributed by atoms with Crippen LogP contribution in [0.15, 0.2) is 78.3 Å². The molecule has 0 saturated heterocycles. The van der Waals surface area contributed by atoms with Gasteiger partial charge in [-0.15, -0.1) is 0 Å². The van der Waals surface area contributed by atoms with Gasteiger partial charge in [0.15, 0.2) is 5.76 Å². The van der Waals surface area contributed by atoms with Crippen molar-refractivity contribution in [2.45, 2.75) is 19.0 Å². The Morgan fingerprint density at radius 2 is 1.82 bits per heavy atom. The number of para-hydroxylation sites is 1. The molecule has 0 amide bonds. The SMILES string of the molecule is N=C(C(=O)/C(=C\Nc1cccc(C(F)(F)F)c1)OCC1CC1)/C(=C/CN)Nc1ccccc1. The number of ether oxygens (including phenoxy) is 1. The molecular weight excluding hydrogens is 433 g/mol. The zero-order chi connectivity index (χ0) is 23.8. The summed E-state index contributed by atoms with van der Waals surface area (Å²) >= 11 is 0. The Morgan fingerprint density at radius 1 is 1.12 bits per heavy atom. The number of allylic oxidation sites excluding steroid dienone is 2. The first-order valence-electron chi connectivity index (χ1n) is 10.4. The number of rotatable bonds is 11. The van der Waals surface area contributed by atoms with E-state index < -0.39 is 17.5 Å². The highest BCUT2D eigenvalue weighted by Crippen LogP contribution is 2.31. The number of alkyl halides is 3. The number of hydrogen-bond acceptors (Lipinski definition) is 6. The molecule has 1 aliphatic rings. The zero-order valence-electron chi connectivity index (χ0n) is 17.8. The maximum Gasteiger partial charge on any atom is 0.416 e. The molecule has 0 bridgehead atoms. The summed E-state index contributed by atoms with van der Waals surface area (Å²) in [4.78, 5) is 13.1. The van der Waals surface area contributed by atoms with E-state index in [2.05, 4.69) is 10.6 Å². The van der Waals surface area contributed by atoms with Gasteiger partial charge in [-0.3, -0.25) is 10.2 Å². The minimum absolute atomic E-state index is 0.0925. The van der Waals surface area contributed by atoms with Crippen LogP contribution in [0.5, 0.6) is 0 Å². The molecule has 0 atom stereocenters. The average Bonchev–Trinajstić information content (AvgIpc) is 3.63. The molecule has 0 aromatic heterocycles. The monoisotopic (exact) mass is 458 g/mol. The summed E-state index contributed by atoms with van der Waals surface area (Å²) in [7, 11) is 0. The van der Waals surface area contributed by atoms with Gasteiger partial charge in [-0.25, -0.2) is 0 Å². The highest BCUT2D eigenvalue weighted by Gasteiger charge is 2.30. The number of anilines is 2. The van der Waals surface area contributed by atoms with Crippen molar-refractivity contribution in [3.8, 4) is 0 Å². The second-order valence-corrected chi connectivity index (χ2v) is 7.53. The Morgan fingerprint density at radius 3 is 2.45 bits per heavy atom. The van der Waals surface area contributed by atoms with Crippen LogP contribution in [0.3, 0.4) is 0 Å². The summed E-state index contributed by atoms with van der Waals surface area (Å²) in [5.74, 6) is -0.564. The van der Waals surface area contributed by atoms with Gasteiger partial charge in [0.2, 0.25) is 5.78 Å². The Bertz CT molecular complexity index is 1050. The lowest BCUT2D eigenvalue weighted by Gasteiger charge is -2.15. The number of nitrogens with one attached hydrogen (secondary N) is 3. The third kappa shape index (κ3) is 7.21. The zero-order valence-corrected chi connectivity index (χ0v) is 17.8. The predicted octanol–water partition coefficient (Wildman–Crippen LogP) is 4.93. The standard InChI is InChI=1S/C24H25F3N4O2/c25-24(26,27)17-5-4-8-19(13-17)30-14-21(33-15-16-9-10-16)23(32)22(29)20(11-12-28)31-18-6-2-1-3-7-18/h1-8,11,13-14,16,29-31H,9-10,12,15,28H2/b20-11-,21-14+,29-22?. The van der Waals surface area contributed by atoms with Gasteiger partial charge in [-0.1, -0.05) is 24.3 Å². The largest absolute Gasteiger partial charge is 0.488 e. The van der Waals surface area contributed by atoms with Gasteiger partial charge in [0.05, 0.1) is 17.9 Å². The van der Waals surface area contributed by atoms with Crippen molar-refractivity contribution in [3.05, 3.63) is 83.9 Å². The van der Waals surface area contributed by atoms with Crippen molar-refractivity contribution in [2.75, 3.05) is 23.8 Å². The molecule has 0 radical (unpaired) electrons. The van der Waals surface area contributed by atoms with E-state index in [1.54, 1.807) is 24.3 Å². The van der Waals surface area contributed by atoms with E-state index in [-0.39, 0.29) is 36.0 Å².